The van der Waals surface area contributed by atoms with Gasteiger partial charge in [0, 0.05) is 32.5 Å². The van der Waals surface area contributed by atoms with E-state index in [-0.39, 0.29) is 0 Å². The van der Waals surface area contributed by atoms with Gasteiger partial charge in [-0.1, -0.05) is 19.4 Å². The third kappa shape index (κ3) is 4.15. The van der Waals surface area contributed by atoms with Gasteiger partial charge in [-0.05, 0) is 18.1 Å². The average molecular weight is 272 g/mol. The lowest BCUT2D eigenvalue weighted by molar-refractivity contribution is 0.753. The minimum absolute atomic E-state index is 0.537. The molecule has 0 spiro atoms. The molecule has 0 radical (unpaired) electrons. The molecule has 6 heteroatoms. The summed E-state index contributed by atoms with van der Waals surface area (Å²) in [6.45, 7) is 3.78. The van der Waals surface area contributed by atoms with E-state index < -0.39 is 0 Å². The van der Waals surface area contributed by atoms with Crippen molar-refractivity contribution < 1.29 is 0 Å². The fraction of sp³-hybridized carbons (Fsp3) is 0.429. The second kappa shape index (κ2) is 7.37. The summed E-state index contributed by atoms with van der Waals surface area (Å²) in [6, 6.07) is 3.91. The summed E-state index contributed by atoms with van der Waals surface area (Å²) in [7, 11) is 2.02. The molecule has 2 heterocycles. The monoisotopic (exact) mass is 272 g/mol. The zero-order valence-electron chi connectivity index (χ0n) is 12.0. The summed E-state index contributed by atoms with van der Waals surface area (Å²) < 4.78 is 0. The van der Waals surface area contributed by atoms with Gasteiger partial charge >= 0.3 is 0 Å². The summed E-state index contributed by atoms with van der Waals surface area (Å²) >= 11 is 0. The van der Waals surface area contributed by atoms with Crippen LogP contribution in [0.15, 0.2) is 30.7 Å². The molecular weight excluding hydrogens is 252 g/mol. The van der Waals surface area contributed by atoms with Gasteiger partial charge in [-0.2, -0.15) is 10.1 Å². The molecule has 0 saturated carbocycles. The SMILES string of the molecule is CCCCN(C)c1cnnc(NCc2cccnc2)n1. The lowest BCUT2D eigenvalue weighted by Gasteiger charge is -2.17. The van der Waals surface area contributed by atoms with Crippen molar-refractivity contribution >= 4 is 11.8 Å². The molecule has 0 atom stereocenters. The molecule has 0 aliphatic carbocycles. The molecule has 106 valence electrons. The van der Waals surface area contributed by atoms with Crippen molar-refractivity contribution in [2.24, 2.45) is 0 Å². The zero-order chi connectivity index (χ0) is 14.2. The van der Waals surface area contributed by atoms with Gasteiger partial charge < -0.3 is 10.2 Å². The first-order valence-corrected chi connectivity index (χ1v) is 6.83. The smallest absolute Gasteiger partial charge is 0.244 e. The summed E-state index contributed by atoms with van der Waals surface area (Å²) in [5.74, 6) is 1.37. The van der Waals surface area contributed by atoms with E-state index in [2.05, 4.69) is 37.3 Å². The Morgan fingerprint density at radius 3 is 2.95 bits per heavy atom. The van der Waals surface area contributed by atoms with Crippen molar-refractivity contribution in [3.63, 3.8) is 0 Å². The number of anilines is 2. The third-order valence-electron chi connectivity index (χ3n) is 2.96. The van der Waals surface area contributed by atoms with E-state index in [1.54, 1.807) is 12.4 Å². The van der Waals surface area contributed by atoms with Crippen LogP contribution in [0.5, 0.6) is 0 Å². The number of pyridine rings is 1. The molecule has 2 rings (SSSR count). The van der Waals surface area contributed by atoms with Crippen LogP contribution in [0.4, 0.5) is 11.8 Å². The van der Waals surface area contributed by atoms with E-state index in [4.69, 9.17) is 0 Å². The van der Waals surface area contributed by atoms with Crippen LogP contribution in [-0.4, -0.2) is 33.8 Å². The van der Waals surface area contributed by atoms with Gasteiger partial charge in [0.1, 0.15) is 0 Å². The number of nitrogens with zero attached hydrogens (tertiary/aromatic N) is 5. The van der Waals surface area contributed by atoms with Gasteiger partial charge in [-0.3, -0.25) is 4.98 Å². The molecule has 0 aromatic carbocycles. The van der Waals surface area contributed by atoms with E-state index in [9.17, 15) is 0 Å². The van der Waals surface area contributed by atoms with Crippen LogP contribution in [-0.2, 0) is 6.54 Å². The zero-order valence-corrected chi connectivity index (χ0v) is 12.0. The van der Waals surface area contributed by atoms with Crippen LogP contribution < -0.4 is 10.2 Å². The summed E-state index contributed by atoms with van der Waals surface area (Å²) in [6.07, 6.45) is 7.56. The molecule has 0 aliphatic heterocycles. The van der Waals surface area contributed by atoms with Crippen LogP contribution in [0.25, 0.3) is 0 Å². The standard InChI is InChI=1S/C14H20N6/c1-3-4-8-20(2)13-11-17-19-14(18-13)16-10-12-6-5-7-15-9-12/h5-7,9,11H,3-4,8,10H2,1-2H3,(H,16,18,19). The Kier molecular flexibility index (Phi) is 5.23. The number of unbranched alkanes of at least 4 members (excludes halogenated alkanes) is 1. The fourth-order valence-electron chi connectivity index (χ4n) is 1.75. The van der Waals surface area contributed by atoms with Crippen LogP contribution >= 0.6 is 0 Å². The largest absolute Gasteiger partial charge is 0.358 e. The highest BCUT2D eigenvalue weighted by Crippen LogP contribution is 2.10. The maximum absolute atomic E-state index is 4.46. The van der Waals surface area contributed by atoms with Crippen LogP contribution in [0, 0.1) is 0 Å². The van der Waals surface area contributed by atoms with Gasteiger partial charge in [-0.15, -0.1) is 5.10 Å². The predicted molar refractivity (Wildman–Crippen MR) is 79.6 cm³/mol. The molecule has 20 heavy (non-hydrogen) atoms. The van der Waals surface area contributed by atoms with Gasteiger partial charge in [-0.25, -0.2) is 0 Å². The highest BCUT2D eigenvalue weighted by molar-refractivity contribution is 5.39. The summed E-state index contributed by atoms with van der Waals surface area (Å²) in [5, 5.41) is 11.2. The van der Waals surface area contributed by atoms with Crippen LogP contribution in [0.2, 0.25) is 0 Å². The summed E-state index contributed by atoms with van der Waals surface area (Å²) in [5.41, 5.74) is 1.08. The van der Waals surface area contributed by atoms with Gasteiger partial charge in [0.05, 0.1) is 6.20 Å². The average Bonchev–Trinajstić information content (AvgIpc) is 2.52. The first-order valence-electron chi connectivity index (χ1n) is 6.83. The van der Waals surface area contributed by atoms with Gasteiger partial charge in [0.2, 0.25) is 5.95 Å². The molecular formula is C14H20N6. The Bertz CT molecular complexity index is 516. The maximum Gasteiger partial charge on any atom is 0.244 e. The quantitative estimate of drug-likeness (QED) is 0.832. The molecule has 2 aromatic rings. The first kappa shape index (κ1) is 14.2. The molecule has 1 N–H and O–H groups in total. The molecule has 2 aromatic heterocycles. The normalized spacial score (nSPS) is 10.3. The second-order valence-electron chi connectivity index (χ2n) is 4.63. The molecule has 0 saturated heterocycles. The predicted octanol–water partition coefficient (Wildman–Crippen LogP) is 2.11. The number of rotatable bonds is 7. The Labute approximate surface area is 119 Å². The van der Waals surface area contributed by atoms with E-state index in [0.717, 1.165) is 30.8 Å². The number of nitrogens with one attached hydrogen (secondary N) is 1. The van der Waals surface area contributed by atoms with Crippen molar-refractivity contribution in [2.75, 3.05) is 23.8 Å². The topological polar surface area (TPSA) is 66.8 Å². The van der Waals surface area contributed by atoms with E-state index >= 15 is 0 Å². The number of hydrogen-bond donors (Lipinski definition) is 1. The first-order chi connectivity index (χ1) is 9.79. The van der Waals surface area contributed by atoms with E-state index in [1.165, 1.54) is 0 Å². The minimum Gasteiger partial charge on any atom is -0.358 e. The van der Waals surface area contributed by atoms with Crippen molar-refractivity contribution in [3.05, 3.63) is 36.3 Å². The Hall–Kier alpha value is -2.24. The second-order valence-corrected chi connectivity index (χ2v) is 4.63. The van der Waals surface area contributed by atoms with Crippen LogP contribution in [0.3, 0.4) is 0 Å². The highest BCUT2D eigenvalue weighted by atomic mass is 15.3. The van der Waals surface area contributed by atoms with Crippen LogP contribution in [0.1, 0.15) is 25.3 Å². The number of aromatic nitrogens is 4. The highest BCUT2D eigenvalue weighted by Gasteiger charge is 2.05. The lowest BCUT2D eigenvalue weighted by Crippen LogP contribution is -2.20. The molecule has 0 aliphatic rings. The molecule has 0 bridgehead atoms. The Morgan fingerprint density at radius 1 is 1.30 bits per heavy atom. The summed E-state index contributed by atoms with van der Waals surface area (Å²) in [4.78, 5) is 10.6. The van der Waals surface area contributed by atoms with Crippen molar-refractivity contribution in [1.29, 1.82) is 0 Å². The maximum atomic E-state index is 4.46. The Morgan fingerprint density at radius 2 is 2.20 bits per heavy atom. The van der Waals surface area contributed by atoms with Crippen molar-refractivity contribution in [3.8, 4) is 0 Å². The van der Waals surface area contributed by atoms with Gasteiger partial charge in [0.25, 0.3) is 0 Å². The Balaban J connectivity index is 1.95. The lowest BCUT2D eigenvalue weighted by atomic mass is 10.3. The van der Waals surface area contributed by atoms with Gasteiger partial charge in [0.15, 0.2) is 5.82 Å². The molecule has 0 amide bonds. The third-order valence-corrected chi connectivity index (χ3v) is 2.96. The molecule has 0 unspecified atom stereocenters. The van der Waals surface area contributed by atoms with Crippen molar-refractivity contribution in [1.82, 2.24) is 20.2 Å². The fourth-order valence-corrected chi connectivity index (χ4v) is 1.75. The molecule has 0 fully saturated rings. The van der Waals surface area contributed by atoms with E-state index in [1.807, 2.05) is 25.4 Å². The molecule has 6 nitrogen and oxygen atoms in total. The number of hydrogen-bond acceptors (Lipinski definition) is 6. The minimum atomic E-state index is 0.537. The van der Waals surface area contributed by atoms with E-state index in [0.29, 0.717) is 12.5 Å². The van der Waals surface area contributed by atoms with Crippen molar-refractivity contribution in [2.45, 2.75) is 26.3 Å².